The lowest BCUT2D eigenvalue weighted by Crippen LogP contribution is -2.18. The van der Waals surface area contributed by atoms with Crippen molar-refractivity contribution in [3.8, 4) is 0 Å². The smallest absolute Gasteiger partial charge is 0.249 e. The molecule has 1 amide bonds. The highest BCUT2D eigenvalue weighted by Crippen LogP contribution is 2.23. The standard InChI is InChI=1S/C14H15BrN2OS/c1-9(12-4-2-3-5-13(12)15)17-7-11-6-10(8-19-11)14(16)18/h2-6,8-9,17H,7H2,1H3,(H2,16,18). The summed E-state index contributed by atoms with van der Waals surface area (Å²) >= 11 is 5.09. The molecule has 0 spiro atoms. The molecule has 0 radical (unpaired) electrons. The molecule has 0 aliphatic heterocycles. The van der Waals surface area contributed by atoms with Gasteiger partial charge in [0, 0.05) is 27.3 Å². The summed E-state index contributed by atoms with van der Waals surface area (Å²) in [6, 6.07) is 10.2. The van der Waals surface area contributed by atoms with Gasteiger partial charge in [0.15, 0.2) is 0 Å². The third-order valence-corrected chi connectivity index (χ3v) is 4.55. The summed E-state index contributed by atoms with van der Waals surface area (Å²) in [4.78, 5) is 12.1. The lowest BCUT2D eigenvalue weighted by molar-refractivity contribution is 0.100. The second-order valence-corrected chi connectivity index (χ2v) is 6.14. The van der Waals surface area contributed by atoms with Crippen LogP contribution in [0.25, 0.3) is 0 Å². The molecule has 0 saturated carbocycles. The average Bonchev–Trinajstić information content (AvgIpc) is 2.85. The number of hydrogen-bond acceptors (Lipinski definition) is 3. The Morgan fingerprint density at radius 3 is 2.84 bits per heavy atom. The number of nitrogens with one attached hydrogen (secondary N) is 1. The summed E-state index contributed by atoms with van der Waals surface area (Å²) in [5.41, 5.74) is 7.03. The molecule has 2 aromatic rings. The SMILES string of the molecule is CC(NCc1cc(C(N)=O)cs1)c1ccccc1Br. The Hall–Kier alpha value is -1.17. The Morgan fingerprint density at radius 1 is 1.47 bits per heavy atom. The number of nitrogens with two attached hydrogens (primary N) is 1. The quantitative estimate of drug-likeness (QED) is 0.877. The maximum atomic E-state index is 11.0. The highest BCUT2D eigenvalue weighted by atomic mass is 79.9. The van der Waals surface area contributed by atoms with Crippen LogP contribution in [0.5, 0.6) is 0 Å². The number of primary amides is 1. The van der Waals surface area contributed by atoms with Gasteiger partial charge in [-0.1, -0.05) is 34.1 Å². The van der Waals surface area contributed by atoms with Gasteiger partial charge >= 0.3 is 0 Å². The van der Waals surface area contributed by atoms with Crippen molar-refractivity contribution in [3.63, 3.8) is 0 Å². The number of hydrogen-bond donors (Lipinski definition) is 2. The van der Waals surface area contributed by atoms with Crippen molar-refractivity contribution in [1.82, 2.24) is 5.32 Å². The van der Waals surface area contributed by atoms with Crippen LogP contribution in [-0.4, -0.2) is 5.91 Å². The highest BCUT2D eigenvalue weighted by Gasteiger charge is 2.09. The van der Waals surface area contributed by atoms with Crippen molar-refractivity contribution < 1.29 is 4.79 Å². The molecule has 0 bridgehead atoms. The average molecular weight is 339 g/mol. The zero-order valence-corrected chi connectivity index (χ0v) is 12.9. The molecule has 1 unspecified atom stereocenters. The fraction of sp³-hybridized carbons (Fsp3) is 0.214. The van der Waals surface area contributed by atoms with Gasteiger partial charge in [0.2, 0.25) is 5.91 Å². The number of halogens is 1. The molecule has 0 saturated heterocycles. The van der Waals surface area contributed by atoms with Gasteiger partial charge in [0.05, 0.1) is 5.56 Å². The fourth-order valence-corrected chi connectivity index (χ4v) is 3.24. The van der Waals surface area contributed by atoms with E-state index in [4.69, 9.17) is 5.73 Å². The predicted molar refractivity (Wildman–Crippen MR) is 82.2 cm³/mol. The predicted octanol–water partition coefficient (Wildman–Crippen LogP) is 3.46. The van der Waals surface area contributed by atoms with Gasteiger partial charge in [-0.2, -0.15) is 0 Å². The molecule has 0 aliphatic carbocycles. The molecule has 3 N–H and O–H groups in total. The Labute approximate surface area is 125 Å². The summed E-state index contributed by atoms with van der Waals surface area (Å²) in [7, 11) is 0. The molecule has 2 rings (SSSR count). The minimum atomic E-state index is -0.374. The van der Waals surface area contributed by atoms with Crippen LogP contribution in [0, 0.1) is 0 Å². The molecule has 19 heavy (non-hydrogen) atoms. The van der Waals surface area contributed by atoms with Crippen molar-refractivity contribution in [3.05, 3.63) is 56.2 Å². The van der Waals surface area contributed by atoms with E-state index in [1.165, 1.54) is 5.56 Å². The summed E-state index contributed by atoms with van der Waals surface area (Å²) in [6.45, 7) is 2.84. The lowest BCUT2D eigenvalue weighted by atomic mass is 10.1. The van der Waals surface area contributed by atoms with E-state index in [9.17, 15) is 4.79 Å². The van der Waals surface area contributed by atoms with Crippen LogP contribution >= 0.6 is 27.3 Å². The van der Waals surface area contributed by atoms with Gasteiger partial charge in [-0.3, -0.25) is 4.79 Å². The molecule has 1 atom stereocenters. The minimum absolute atomic E-state index is 0.231. The molecule has 0 aliphatic rings. The first-order chi connectivity index (χ1) is 9.08. The molecule has 1 aromatic heterocycles. The van der Waals surface area contributed by atoms with Gasteiger partial charge in [-0.05, 0) is 24.6 Å². The first-order valence-electron chi connectivity index (χ1n) is 5.93. The topological polar surface area (TPSA) is 55.1 Å². The molecule has 1 aromatic carbocycles. The minimum Gasteiger partial charge on any atom is -0.366 e. The van der Waals surface area contributed by atoms with Crippen LogP contribution in [0.2, 0.25) is 0 Å². The van der Waals surface area contributed by atoms with E-state index in [0.717, 1.165) is 15.9 Å². The number of rotatable bonds is 5. The third-order valence-electron chi connectivity index (χ3n) is 2.89. The number of carbonyl (C=O) groups is 1. The van der Waals surface area contributed by atoms with Crippen LogP contribution in [0.1, 0.15) is 33.8 Å². The van der Waals surface area contributed by atoms with Crippen LogP contribution in [-0.2, 0) is 6.54 Å². The van der Waals surface area contributed by atoms with E-state index >= 15 is 0 Å². The Kier molecular flexibility index (Phi) is 4.74. The molecule has 100 valence electrons. The van der Waals surface area contributed by atoms with Crippen molar-refractivity contribution in [2.45, 2.75) is 19.5 Å². The Balaban J connectivity index is 1.98. The van der Waals surface area contributed by atoms with Gasteiger partial charge in [-0.25, -0.2) is 0 Å². The van der Waals surface area contributed by atoms with Crippen molar-refractivity contribution in [2.24, 2.45) is 5.73 Å². The first kappa shape index (κ1) is 14.2. The molecule has 5 heteroatoms. The van der Waals surface area contributed by atoms with Gasteiger partial charge in [0.25, 0.3) is 0 Å². The van der Waals surface area contributed by atoms with Gasteiger partial charge in [0.1, 0.15) is 0 Å². The van der Waals surface area contributed by atoms with E-state index in [-0.39, 0.29) is 11.9 Å². The van der Waals surface area contributed by atoms with E-state index in [1.807, 2.05) is 24.3 Å². The molecule has 3 nitrogen and oxygen atoms in total. The van der Waals surface area contributed by atoms with E-state index < -0.39 is 0 Å². The van der Waals surface area contributed by atoms with E-state index in [0.29, 0.717) is 5.56 Å². The Bertz CT molecular complexity index is 582. The van der Waals surface area contributed by atoms with Crippen molar-refractivity contribution >= 4 is 33.2 Å². The molecule has 0 fully saturated rings. The zero-order valence-electron chi connectivity index (χ0n) is 10.5. The maximum Gasteiger partial charge on any atom is 0.249 e. The third kappa shape index (κ3) is 3.65. The van der Waals surface area contributed by atoms with Crippen LogP contribution < -0.4 is 11.1 Å². The zero-order chi connectivity index (χ0) is 13.8. The number of thiophene rings is 1. The molecular weight excluding hydrogens is 324 g/mol. The second-order valence-electron chi connectivity index (χ2n) is 4.29. The van der Waals surface area contributed by atoms with E-state index in [1.54, 1.807) is 16.7 Å². The number of amides is 1. The summed E-state index contributed by atoms with van der Waals surface area (Å²) in [5, 5.41) is 5.23. The Morgan fingerprint density at radius 2 is 2.21 bits per heavy atom. The lowest BCUT2D eigenvalue weighted by Gasteiger charge is -2.15. The first-order valence-corrected chi connectivity index (χ1v) is 7.60. The highest BCUT2D eigenvalue weighted by molar-refractivity contribution is 9.10. The largest absolute Gasteiger partial charge is 0.366 e. The van der Waals surface area contributed by atoms with Gasteiger partial charge < -0.3 is 11.1 Å². The molecule has 1 heterocycles. The van der Waals surface area contributed by atoms with Crippen LogP contribution in [0.4, 0.5) is 0 Å². The summed E-state index contributed by atoms with van der Waals surface area (Å²) in [6.07, 6.45) is 0. The van der Waals surface area contributed by atoms with Crippen molar-refractivity contribution in [1.29, 1.82) is 0 Å². The maximum absolute atomic E-state index is 11.0. The van der Waals surface area contributed by atoms with Crippen LogP contribution in [0.3, 0.4) is 0 Å². The number of benzene rings is 1. The van der Waals surface area contributed by atoms with Crippen molar-refractivity contribution in [2.75, 3.05) is 0 Å². The van der Waals surface area contributed by atoms with E-state index in [2.05, 4.69) is 34.2 Å². The molecular formula is C14H15BrN2OS. The fourth-order valence-electron chi connectivity index (χ4n) is 1.79. The second kappa shape index (κ2) is 6.32. The number of carbonyl (C=O) groups excluding carboxylic acids is 1. The summed E-state index contributed by atoms with van der Waals surface area (Å²) < 4.78 is 1.10. The van der Waals surface area contributed by atoms with Gasteiger partial charge in [-0.15, -0.1) is 11.3 Å². The van der Waals surface area contributed by atoms with Crippen LogP contribution in [0.15, 0.2) is 40.2 Å². The normalized spacial score (nSPS) is 12.3. The summed E-state index contributed by atoms with van der Waals surface area (Å²) in [5.74, 6) is -0.374. The monoisotopic (exact) mass is 338 g/mol.